The predicted octanol–water partition coefficient (Wildman–Crippen LogP) is 5.80. The van der Waals surface area contributed by atoms with Crippen molar-refractivity contribution in [3.8, 4) is 23.0 Å². The molecule has 0 unspecified atom stereocenters. The average molecular weight is 461 g/mol. The maximum Gasteiger partial charge on any atom is 0.188 e. The molecule has 0 N–H and O–H groups in total. The molecule has 5 nitrogen and oxygen atoms in total. The molecule has 3 aromatic rings. The largest absolute Gasteiger partial charge is 0.496 e. The molecule has 6 heteroatoms. The van der Waals surface area contributed by atoms with Crippen molar-refractivity contribution < 1.29 is 23.7 Å². The molecule has 3 rings (SSSR count). The Balaban J connectivity index is 2.26. The molecule has 0 amide bonds. The summed E-state index contributed by atoms with van der Waals surface area (Å²) in [6.45, 7) is 4.50. The molecule has 0 aliphatic rings. The van der Waals surface area contributed by atoms with Crippen LogP contribution in [0.25, 0.3) is 10.8 Å². The van der Waals surface area contributed by atoms with E-state index in [1.165, 1.54) is 0 Å². The highest BCUT2D eigenvalue weighted by Gasteiger charge is 2.24. The van der Waals surface area contributed by atoms with Crippen LogP contribution < -0.4 is 18.9 Å². The minimum Gasteiger partial charge on any atom is -0.496 e. The van der Waals surface area contributed by atoms with Gasteiger partial charge in [-0.05, 0) is 41.4 Å². The number of halogens is 1. The molecule has 0 saturated carbocycles. The van der Waals surface area contributed by atoms with Gasteiger partial charge in [-0.2, -0.15) is 0 Å². The summed E-state index contributed by atoms with van der Waals surface area (Å²) in [6, 6.07) is 12.0. The SMILES string of the molecule is COCOc1cc2c(OC)c(C)c(Br)c(OC)c2c(OCc2ccccc2)c1C. The van der Waals surface area contributed by atoms with Gasteiger partial charge in [0.2, 0.25) is 0 Å². The summed E-state index contributed by atoms with van der Waals surface area (Å²) >= 11 is 3.66. The molecule has 3 aromatic carbocycles. The van der Waals surface area contributed by atoms with E-state index in [1.807, 2.05) is 50.2 Å². The van der Waals surface area contributed by atoms with Crippen molar-refractivity contribution >= 4 is 26.7 Å². The molecule has 154 valence electrons. The lowest BCUT2D eigenvalue weighted by atomic mass is 10.00. The van der Waals surface area contributed by atoms with E-state index >= 15 is 0 Å². The minimum absolute atomic E-state index is 0.138. The summed E-state index contributed by atoms with van der Waals surface area (Å²) in [5.41, 5.74) is 2.87. The number of rotatable bonds is 8. The highest BCUT2D eigenvalue weighted by atomic mass is 79.9. The topological polar surface area (TPSA) is 46.2 Å². The lowest BCUT2D eigenvalue weighted by Gasteiger charge is -2.22. The second kappa shape index (κ2) is 9.37. The van der Waals surface area contributed by atoms with Gasteiger partial charge in [0.05, 0.1) is 24.1 Å². The van der Waals surface area contributed by atoms with Crippen LogP contribution in [0.5, 0.6) is 23.0 Å². The van der Waals surface area contributed by atoms with Crippen LogP contribution in [0.3, 0.4) is 0 Å². The lowest BCUT2D eigenvalue weighted by Crippen LogP contribution is -2.05. The first-order valence-electron chi connectivity index (χ1n) is 9.19. The Bertz CT molecular complexity index is 1000. The third-order valence-corrected chi connectivity index (χ3v) is 5.74. The summed E-state index contributed by atoms with van der Waals surface area (Å²) in [5.74, 6) is 2.79. The van der Waals surface area contributed by atoms with Crippen molar-refractivity contribution in [1.82, 2.24) is 0 Å². The number of methoxy groups -OCH3 is 3. The summed E-state index contributed by atoms with van der Waals surface area (Å²) in [5, 5.41) is 1.69. The van der Waals surface area contributed by atoms with Crippen molar-refractivity contribution in [1.29, 1.82) is 0 Å². The molecule has 0 bridgehead atoms. The quantitative estimate of drug-likeness (QED) is 0.397. The predicted molar refractivity (Wildman–Crippen MR) is 118 cm³/mol. The molecule has 0 fully saturated rings. The Morgan fingerprint density at radius 2 is 1.52 bits per heavy atom. The highest BCUT2D eigenvalue weighted by Crippen LogP contribution is 2.50. The van der Waals surface area contributed by atoms with Gasteiger partial charge in [-0.3, -0.25) is 0 Å². The second-order valence-electron chi connectivity index (χ2n) is 6.58. The van der Waals surface area contributed by atoms with E-state index in [0.717, 1.165) is 37.7 Å². The number of benzene rings is 3. The number of fused-ring (bicyclic) bond motifs is 1. The molecular formula is C23H25BrO5. The summed E-state index contributed by atoms with van der Waals surface area (Å²) in [4.78, 5) is 0. The maximum absolute atomic E-state index is 6.32. The fraction of sp³-hybridized carbons (Fsp3) is 0.304. The van der Waals surface area contributed by atoms with Crippen LogP contribution in [0, 0.1) is 13.8 Å². The van der Waals surface area contributed by atoms with Crippen LogP contribution in [-0.4, -0.2) is 28.1 Å². The third kappa shape index (κ3) is 4.14. The Morgan fingerprint density at radius 1 is 0.828 bits per heavy atom. The number of hydrogen-bond donors (Lipinski definition) is 0. The van der Waals surface area contributed by atoms with Gasteiger partial charge in [0, 0.05) is 23.6 Å². The second-order valence-corrected chi connectivity index (χ2v) is 7.38. The van der Waals surface area contributed by atoms with Crippen LogP contribution in [0.4, 0.5) is 0 Å². The standard InChI is InChI=1S/C23H25BrO5/c1-14-18(29-13-25-3)11-17-19(22(14)28-12-16-9-7-6-8-10-16)23(27-5)20(24)15(2)21(17)26-4/h6-11H,12-13H2,1-5H3. The molecule has 0 saturated heterocycles. The maximum atomic E-state index is 6.32. The van der Waals surface area contributed by atoms with E-state index in [2.05, 4.69) is 15.9 Å². The third-order valence-electron chi connectivity index (χ3n) is 4.79. The van der Waals surface area contributed by atoms with E-state index in [0.29, 0.717) is 23.9 Å². The van der Waals surface area contributed by atoms with Crippen LogP contribution in [-0.2, 0) is 11.3 Å². The molecule has 0 heterocycles. The summed E-state index contributed by atoms with van der Waals surface area (Å²) in [6.07, 6.45) is 0. The first-order chi connectivity index (χ1) is 14.0. The molecule has 29 heavy (non-hydrogen) atoms. The molecule has 0 radical (unpaired) electrons. The van der Waals surface area contributed by atoms with Gasteiger partial charge in [-0.25, -0.2) is 0 Å². The van der Waals surface area contributed by atoms with E-state index in [9.17, 15) is 0 Å². The minimum atomic E-state index is 0.138. The molecule has 0 aliphatic carbocycles. The van der Waals surface area contributed by atoms with Crippen LogP contribution in [0.15, 0.2) is 40.9 Å². The van der Waals surface area contributed by atoms with Gasteiger partial charge in [0.1, 0.15) is 29.6 Å². The van der Waals surface area contributed by atoms with Crippen molar-refractivity contribution in [2.45, 2.75) is 20.5 Å². The fourth-order valence-corrected chi connectivity index (χ4v) is 3.90. The van der Waals surface area contributed by atoms with Crippen LogP contribution in [0.2, 0.25) is 0 Å². The zero-order valence-electron chi connectivity index (χ0n) is 17.3. The Morgan fingerprint density at radius 3 is 2.14 bits per heavy atom. The molecule has 0 aliphatic heterocycles. The van der Waals surface area contributed by atoms with Crippen molar-refractivity contribution in [2.75, 3.05) is 28.1 Å². The zero-order valence-corrected chi connectivity index (χ0v) is 18.9. The van der Waals surface area contributed by atoms with Gasteiger partial charge < -0.3 is 23.7 Å². The number of hydrogen-bond acceptors (Lipinski definition) is 5. The molecule has 0 spiro atoms. The van der Waals surface area contributed by atoms with Crippen LogP contribution in [0.1, 0.15) is 16.7 Å². The van der Waals surface area contributed by atoms with Crippen molar-refractivity contribution in [2.24, 2.45) is 0 Å². The average Bonchev–Trinajstić information content (AvgIpc) is 2.74. The lowest BCUT2D eigenvalue weighted by molar-refractivity contribution is 0.0505. The Labute approximate surface area is 179 Å². The van der Waals surface area contributed by atoms with E-state index in [-0.39, 0.29) is 6.79 Å². The Hall–Kier alpha value is -2.44. The summed E-state index contributed by atoms with van der Waals surface area (Å²) < 4.78 is 29.6. The van der Waals surface area contributed by atoms with E-state index in [1.54, 1.807) is 21.3 Å². The number of ether oxygens (including phenoxy) is 5. The van der Waals surface area contributed by atoms with Crippen LogP contribution >= 0.6 is 15.9 Å². The molecular weight excluding hydrogens is 436 g/mol. The van der Waals surface area contributed by atoms with Gasteiger partial charge in [-0.15, -0.1) is 0 Å². The van der Waals surface area contributed by atoms with E-state index in [4.69, 9.17) is 23.7 Å². The Kier molecular flexibility index (Phi) is 6.87. The highest BCUT2D eigenvalue weighted by molar-refractivity contribution is 9.10. The fourth-order valence-electron chi connectivity index (χ4n) is 3.36. The van der Waals surface area contributed by atoms with Gasteiger partial charge in [0.25, 0.3) is 0 Å². The molecule has 0 atom stereocenters. The van der Waals surface area contributed by atoms with Gasteiger partial charge in [0.15, 0.2) is 6.79 Å². The van der Waals surface area contributed by atoms with Crippen molar-refractivity contribution in [3.05, 3.63) is 57.6 Å². The van der Waals surface area contributed by atoms with Crippen molar-refractivity contribution in [3.63, 3.8) is 0 Å². The zero-order chi connectivity index (χ0) is 21.0. The smallest absolute Gasteiger partial charge is 0.188 e. The summed E-state index contributed by atoms with van der Waals surface area (Å²) in [7, 11) is 4.89. The monoisotopic (exact) mass is 460 g/mol. The van der Waals surface area contributed by atoms with E-state index < -0.39 is 0 Å². The van der Waals surface area contributed by atoms with Gasteiger partial charge in [-0.1, -0.05) is 30.3 Å². The molecule has 0 aromatic heterocycles. The normalized spacial score (nSPS) is 10.8. The van der Waals surface area contributed by atoms with Gasteiger partial charge >= 0.3 is 0 Å². The first-order valence-corrected chi connectivity index (χ1v) is 9.98. The first kappa shape index (κ1) is 21.3.